The van der Waals surface area contributed by atoms with Crippen molar-refractivity contribution in [3.8, 4) is 0 Å². The molecule has 1 fully saturated rings. The number of aryl methyl sites for hydroxylation is 1. The molecule has 1 aliphatic rings. The highest BCUT2D eigenvalue weighted by atomic mass is 16.1. The predicted octanol–water partition coefficient (Wildman–Crippen LogP) is 2.79. The number of nitrogens with zero attached hydrogens (tertiary/aromatic N) is 4. The average Bonchev–Trinajstić information content (AvgIpc) is 3.26. The van der Waals surface area contributed by atoms with Crippen LogP contribution in [-0.2, 0) is 18.3 Å². The van der Waals surface area contributed by atoms with E-state index in [1.165, 1.54) is 43.3 Å². The molecular weight excluding hydrogens is 304 g/mol. The zero-order valence-corrected chi connectivity index (χ0v) is 14.5. The van der Waals surface area contributed by atoms with Gasteiger partial charge in [0, 0.05) is 24.7 Å². The van der Waals surface area contributed by atoms with E-state index in [1.807, 2.05) is 6.07 Å². The molecule has 130 valence electrons. The van der Waals surface area contributed by atoms with Crippen LogP contribution in [0.1, 0.15) is 62.8 Å². The van der Waals surface area contributed by atoms with Crippen LogP contribution >= 0.6 is 0 Å². The number of carbonyl (C=O) groups excluding carboxylic acids is 1. The maximum absolute atomic E-state index is 12.0. The lowest BCUT2D eigenvalue weighted by molar-refractivity contribution is -0.115. The lowest BCUT2D eigenvalue weighted by Gasteiger charge is -2.09. The van der Waals surface area contributed by atoms with Crippen molar-refractivity contribution in [2.45, 2.75) is 57.8 Å². The highest BCUT2D eigenvalue weighted by molar-refractivity contribution is 5.91. The van der Waals surface area contributed by atoms with Crippen LogP contribution in [0.15, 0.2) is 12.3 Å². The first-order chi connectivity index (χ1) is 11.6. The van der Waals surface area contributed by atoms with Crippen LogP contribution in [0.25, 0.3) is 0 Å². The number of anilines is 1. The van der Waals surface area contributed by atoms with Crippen molar-refractivity contribution in [2.24, 2.45) is 13.0 Å². The summed E-state index contributed by atoms with van der Waals surface area (Å²) in [5, 5.41) is 18.2. The second-order valence-corrected chi connectivity index (χ2v) is 6.78. The van der Waals surface area contributed by atoms with Gasteiger partial charge in [-0.15, -0.1) is 0 Å². The van der Waals surface area contributed by atoms with E-state index in [9.17, 15) is 4.79 Å². The fraction of sp³-hybridized carbons (Fsp3) is 0.647. The van der Waals surface area contributed by atoms with E-state index >= 15 is 0 Å². The number of amides is 1. The summed E-state index contributed by atoms with van der Waals surface area (Å²) in [7, 11) is 1.73. The molecule has 0 unspecified atom stereocenters. The Hall–Kier alpha value is -2.18. The molecule has 2 N–H and O–H groups in total. The lowest BCUT2D eigenvalue weighted by atomic mass is 9.98. The topological polar surface area (TPSA) is 88.5 Å². The van der Waals surface area contributed by atoms with Gasteiger partial charge in [0.15, 0.2) is 5.82 Å². The third-order valence-corrected chi connectivity index (χ3v) is 4.80. The van der Waals surface area contributed by atoms with Gasteiger partial charge in [-0.05, 0) is 25.2 Å². The number of hydrogen-bond donors (Lipinski definition) is 2. The third kappa shape index (κ3) is 4.21. The summed E-state index contributed by atoms with van der Waals surface area (Å²) >= 11 is 0. The number of hydrogen-bond acceptors (Lipinski definition) is 4. The van der Waals surface area contributed by atoms with Gasteiger partial charge in [0.05, 0.1) is 18.3 Å². The van der Waals surface area contributed by atoms with E-state index < -0.39 is 0 Å². The minimum Gasteiger partial charge on any atom is -0.309 e. The molecule has 2 aromatic heterocycles. The first kappa shape index (κ1) is 16.7. The van der Waals surface area contributed by atoms with Crippen molar-refractivity contribution in [1.29, 1.82) is 0 Å². The smallest absolute Gasteiger partial charge is 0.231 e. The lowest BCUT2D eigenvalue weighted by Crippen LogP contribution is -2.15. The Morgan fingerprint density at radius 1 is 1.46 bits per heavy atom. The van der Waals surface area contributed by atoms with Gasteiger partial charge in [0.25, 0.3) is 0 Å². The van der Waals surface area contributed by atoms with Crippen LogP contribution in [0, 0.1) is 5.92 Å². The Labute approximate surface area is 142 Å². The number of H-pyrrole nitrogens is 1. The van der Waals surface area contributed by atoms with E-state index in [0.29, 0.717) is 17.4 Å². The van der Waals surface area contributed by atoms with Gasteiger partial charge in [0.1, 0.15) is 0 Å². The molecule has 7 nitrogen and oxygen atoms in total. The largest absolute Gasteiger partial charge is 0.309 e. The average molecular weight is 330 g/mol. The Kier molecular flexibility index (Phi) is 5.27. The first-order valence-corrected chi connectivity index (χ1v) is 8.84. The van der Waals surface area contributed by atoms with Gasteiger partial charge < -0.3 is 5.32 Å². The van der Waals surface area contributed by atoms with Crippen LogP contribution < -0.4 is 5.32 Å². The summed E-state index contributed by atoms with van der Waals surface area (Å²) in [6.45, 7) is 2.25. The van der Waals surface area contributed by atoms with Crippen molar-refractivity contribution in [3.05, 3.63) is 23.7 Å². The summed E-state index contributed by atoms with van der Waals surface area (Å²) in [5.74, 6) is 1.86. The van der Waals surface area contributed by atoms with E-state index in [2.05, 4.69) is 32.6 Å². The number of aromatic amines is 1. The zero-order chi connectivity index (χ0) is 16.9. The van der Waals surface area contributed by atoms with Crippen molar-refractivity contribution < 1.29 is 4.79 Å². The van der Waals surface area contributed by atoms with Crippen LogP contribution in [-0.4, -0.2) is 31.1 Å². The van der Waals surface area contributed by atoms with E-state index in [1.54, 1.807) is 13.2 Å². The second-order valence-electron chi connectivity index (χ2n) is 6.78. The Morgan fingerprint density at radius 2 is 2.33 bits per heavy atom. The third-order valence-electron chi connectivity index (χ3n) is 4.80. The minimum atomic E-state index is -0.124. The Bertz CT molecular complexity index is 676. The van der Waals surface area contributed by atoms with Crippen molar-refractivity contribution in [2.75, 3.05) is 5.32 Å². The molecule has 7 heteroatoms. The number of rotatable bonds is 7. The highest BCUT2D eigenvalue weighted by Gasteiger charge is 2.26. The second kappa shape index (κ2) is 7.59. The van der Waals surface area contributed by atoms with E-state index in [4.69, 9.17) is 0 Å². The normalized spacial score (nSPS) is 20.4. The molecule has 1 aliphatic carbocycles. The summed E-state index contributed by atoms with van der Waals surface area (Å²) in [5.41, 5.74) is 1.80. The minimum absolute atomic E-state index is 0.124. The molecule has 0 radical (unpaired) electrons. The summed E-state index contributed by atoms with van der Waals surface area (Å²) in [6, 6.07) is 1.97. The number of carbonyl (C=O) groups is 1. The zero-order valence-electron chi connectivity index (χ0n) is 14.5. The van der Waals surface area contributed by atoms with Gasteiger partial charge in [0.2, 0.25) is 5.91 Å². The molecule has 0 spiro atoms. The van der Waals surface area contributed by atoms with Crippen molar-refractivity contribution >= 4 is 11.7 Å². The maximum atomic E-state index is 12.0. The number of aromatic nitrogens is 5. The molecular formula is C17H26N6O. The quantitative estimate of drug-likeness (QED) is 0.817. The molecule has 0 bridgehead atoms. The summed E-state index contributed by atoms with van der Waals surface area (Å²) in [4.78, 5) is 13.5. The van der Waals surface area contributed by atoms with Crippen molar-refractivity contribution in [3.63, 3.8) is 0 Å². The fourth-order valence-corrected chi connectivity index (χ4v) is 3.54. The molecule has 2 aromatic rings. The van der Waals surface area contributed by atoms with Crippen LogP contribution in [0.4, 0.5) is 5.82 Å². The maximum Gasteiger partial charge on any atom is 0.231 e. The van der Waals surface area contributed by atoms with Crippen molar-refractivity contribution in [1.82, 2.24) is 25.2 Å². The van der Waals surface area contributed by atoms with Crippen LogP contribution in [0.2, 0.25) is 0 Å². The monoisotopic (exact) mass is 330 g/mol. The first-order valence-electron chi connectivity index (χ1n) is 8.84. The van der Waals surface area contributed by atoms with E-state index in [0.717, 1.165) is 11.6 Å². The molecule has 2 heterocycles. The molecule has 2 atom stereocenters. The fourth-order valence-electron chi connectivity index (χ4n) is 3.54. The Balaban J connectivity index is 1.51. The molecule has 1 amide bonds. The van der Waals surface area contributed by atoms with Gasteiger partial charge in [-0.3, -0.25) is 9.89 Å². The van der Waals surface area contributed by atoms with Gasteiger partial charge in [-0.1, -0.05) is 26.2 Å². The Morgan fingerprint density at radius 3 is 3.08 bits per heavy atom. The van der Waals surface area contributed by atoms with E-state index in [-0.39, 0.29) is 12.3 Å². The predicted molar refractivity (Wildman–Crippen MR) is 91.5 cm³/mol. The van der Waals surface area contributed by atoms with Gasteiger partial charge in [-0.25, -0.2) is 0 Å². The molecule has 1 saturated carbocycles. The number of unbranched alkanes of at least 4 members (excludes halogenated alkanes) is 1. The molecule has 3 rings (SSSR count). The highest BCUT2D eigenvalue weighted by Crippen LogP contribution is 2.40. The molecule has 24 heavy (non-hydrogen) atoms. The standard InChI is InChI=1S/C17H26N6O/c1-3-4-5-12-6-7-13(8-12)15-10-16(21-20-15)19-17(24)9-14-11-18-23(2)22-14/h10-13H,3-9H2,1-2H3,(H2,19,20,21,24)/t12-,13+/m1/s1. The van der Waals surface area contributed by atoms with Crippen LogP contribution in [0.3, 0.4) is 0 Å². The molecule has 0 aliphatic heterocycles. The SMILES string of the molecule is CCCC[C@@H]1CC[C@H](c2cc(NC(=O)Cc3cnn(C)n3)n[nH]2)C1. The molecule has 0 aromatic carbocycles. The summed E-state index contributed by atoms with van der Waals surface area (Å²) < 4.78 is 0. The van der Waals surface area contributed by atoms with Gasteiger partial charge >= 0.3 is 0 Å². The summed E-state index contributed by atoms with van der Waals surface area (Å²) in [6.07, 6.45) is 9.49. The van der Waals surface area contributed by atoms with Gasteiger partial charge in [-0.2, -0.15) is 20.1 Å². The molecule has 0 saturated heterocycles. The van der Waals surface area contributed by atoms with Crippen LogP contribution in [0.5, 0.6) is 0 Å². The number of nitrogens with one attached hydrogen (secondary N) is 2.